The summed E-state index contributed by atoms with van der Waals surface area (Å²) in [6, 6.07) is 3.64. The minimum atomic E-state index is -0.908. The minimum Gasteiger partial charge on any atom is -0.452 e. The highest BCUT2D eigenvalue weighted by atomic mass is 19.1. The Hall–Kier alpha value is -2.11. The first-order valence-electron chi connectivity index (χ1n) is 6.49. The van der Waals surface area contributed by atoms with Crippen molar-refractivity contribution in [2.75, 3.05) is 12.3 Å². The summed E-state index contributed by atoms with van der Waals surface area (Å²) in [7, 11) is 0. The predicted molar refractivity (Wildman–Crippen MR) is 73.6 cm³/mol. The van der Waals surface area contributed by atoms with Crippen LogP contribution < -0.4 is 11.1 Å². The molecule has 1 amide bonds. The van der Waals surface area contributed by atoms with Crippen LogP contribution in [0.3, 0.4) is 0 Å². The Morgan fingerprint density at radius 3 is 2.60 bits per heavy atom. The van der Waals surface area contributed by atoms with Crippen LogP contribution in [0.15, 0.2) is 18.2 Å². The van der Waals surface area contributed by atoms with Crippen LogP contribution in [0, 0.1) is 5.82 Å². The molecule has 20 heavy (non-hydrogen) atoms. The monoisotopic (exact) mass is 282 g/mol. The molecule has 0 aliphatic rings. The molecular weight excluding hydrogens is 263 g/mol. The molecule has 1 aromatic carbocycles. The van der Waals surface area contributed by atoms with E-state index in [9.17, 15) is 14.0 Å². The first-order chi connectivity index (χ1) is 9.47. The molecule has 3 N–H and O–H groups in total. The fraction of sp³-hybridized carbons (Fsp3) is 0.429. The Bertz CT molecular complexity index is 487. The van der Waals surface area contributed by atoms with E-state index in [1.54, 1.807) is 0 Å². The van der Waals surface area contributed by atoms with E-state index in [1.165, 1.54) is 12.1 Å². The molecule has 110 valence electrons. The van der Waals surface area contributed by atoms with Crippen molar-refractivity contribution in [3.63, 3.8) is 0 Å². The molecule has 0 spiro atoms. The molecule has 0 radical (unpaired) electrons. The number of rotatable bonds is 6. The van der Waals surface area contributed by atoms with E-state index in [2.05, 4.69) is 5.32 Å². The summed E-state index contributed by atoms with van der Waals surface area (Å²) in [6.45, 7) is 3.45. The fourth-order valence-electron chi connectivity index (χ4n) is 1.67. The number of benzene rings is 1. The van der Waals surface area contributed by atoms with Gasteiger partial charge in [0.2, 0.25) is 0 Å². The van der Waals surface area contributed by atoms with Crippen molar-refractivity contribution < 1.29 is 18.7 Å². The molecule has 0 aromatic heterocycles. The molecular formula is C14H19FN2O3. The highest BCUT2D eigenvalue weighted by molar-refractivity contribution is 5.92. The van der Waals surface area contributed by atoms with Gasteiger partial charge in [0.25, 0.3) is 5.91 Å². The van der Waals surface area contributed by atoms with Crippen LogP contribution in [-0.2, 0) is 9.53 Å². The second-order valence-corrected chi connectivity index (χ2v) is 4.40. The Labute approximate surface area is 117 Å². The van der Waals surface area contributed by atoms with E-state index in [0.29, 0.717) is 0 Å². The number of carbonyl (C=O) groups is 2. The van der Waals surface area contributed by atoms with Gasteiger partial charge in [0.15, 0.2) is 6.61 Å². The van der Waals surface area contributed by atoms with Crippen LogP contribution >= 0.6 is 0 Å². The molecule has 5 nitrogen and oxygen atoms in total. The summed E-state index contributed by atoms with van der Waals surface area (Å²) in [5, 5.41) is 2.71. The van der Waals surface area contributed by atoms with Gasteiger partial charge < -0.3 is 15.8 Å². The van der Waals surface area contributed by atoms with Gasteiger partial charge in [-0.3, -0.25) is 4.79 Å². The van der Waals surface area contributed by atoms with Crippen LogP contribution in [0.5, 0.6) is 0 Å². The van der Waals surface area contributed by atoms with E-state index in [-0.39, 0.29) is 17.3 Å². The first kappa shape index (κ1) is 15.9. The van der Waals surface area contributed by atoms with E-state index in [4.69, 9.17) is 10.5 Å². The number of anilines is 1. The van der Waals surface area contributed by atoms with E-state index < -0.39 is 24.3 Å². The molecule has 0 bridgehead atoms. The van der Waals surface area contributed by atoms with Gasteiger partial charge in [-0.25, -0.2) is 9.18 Å². The van der Waals surface area contributed by atoms with Crippen LogP contribution in [-0.4, -0.2) is 24.5 Å². The maximum absolute atomic E-state index is 13.4. The Balaban J connectivity index is 2.55. The molecule has 1 aromatic rings. The van der Waals surface area contributed by atoms with Crippen LogP contribution in [0.25, 0.3) is 0 Å². The Morgan fingerprint density at radius 1 is 1.35 bits per heavy atom. The average Bonchev–Trinajstić information content (AvgIpc) is 2.44. The lowest BCUT2D eigenvalue weighted by Gasteiger charge is -2.14. The fourth-order valence-corrected chi connectivity index (χ4v) is 1.67. The molecule has 1 rings (SSSR count). The molecule has 0 atom stereocenters. The molecule has 0 saturated heterocycles. The summed E-state index contributed by atoms with van der Waals surface area (Å²) >= 11 is 0. The zero-order valence-corrected chi connectivity index (χ0v) is 11.6. The van der Waals surface area contributed by atoms with Gasteiger partial charge in [-0.2, -0.15) is 0 Å². The maximum Gasteiger partial charge on any atom is 0.341 e. The number of amides is 1. The highest BCUT2D eigenvalue weighted by Crippen LogP contribution is 2.13. The maximum atomic E-state index is 13.4. The number of halogens is 1. The van der Waals surface area contributed by atoms with Crippen molar-refractivity contribution in [3.05, 3.63) is 29.6 Å². The third kappa shape index (κ3) is 4.53. The van der Waals surface area contributed by atoms with Gasteiger partial charge in [-0.1, -0.05) is 13.8 Å². The summed E-state index contributed by atoms with van der Waals surface area (Å²) in [5.41, 5.74) is 5.44. The predicted octanol–water partition coefficient (Wildman–Crippen LogP) is 1.87. The molecule has 0 aliphatic carbocycles. The number of nitrogens with one attached hydrogen (secondary N) is 1. The van der Waals surface area contributed by atoms with Crippen LogP contribution in [0.1, 0.15) is 37.0 Å². The smallest absolute Gasteiger partial charge is 0.341 e. The second kappa shape index (κ2) is 7.47. The van der Waals surface area contributed by atoms with Gasteiger partial charge in [0, 0.05) is 11.7 Å². The number of ether oxygens (including phenoxy) is 1. The second-order valence-electron chi connectivity index (χ2n) is 4.40. The Morgan fingerprint density at radius 2 is 2.00 bits per heavy atom. The number of hydrogen-bond acceptors (Lipinski definition) is 4. The quantitative estimate of drug-likeness (QED) is 0.616. The standard InChI is InChI=1S/C14H19FN2O3/c1-3-10(4-2)17-13(18)8-20-14(19)11-7-9(16)5-6-12(11)15/h5-7,10H,3-4,8,16H2,1-2H3,(H,17,18). The zero-order valence-electron chi connectivity index (χ0n) is 11.6. The molecule has 0 heterocycles. The lowest BCUT2D eigenvalue weighted by atomic mass is 10.2. The largest absolute Gasteiger partial charge is 0.452 e. The number of nitrogen functional groups attached to an aromatic ring is 1. The molecule has 6 heteroatoms. The molecule has 0 unspecified atom stereocenters. The summed E-state index contributed by atoms with van der Waals surface area (Å²) in [5.74, 6) is -2.05. The first-order valence-corrected chi connectivity index (χ1v) is 6.49. The third-order valence-corrected chi connectivity index (χ3v) is 2.90. The molecule has 0 fully saturated rings. The van der Waals surface area contributed by atoms with Crippen LogP contribution in [0.2, 0.25) is 0 Å². The Kier molecular flexibility index (Phi) is 5.96. The van der Waals surface area contributed by atoms with Crippen molar-refractivity contribution in [2.24, 2.45) is 0 Å². The van der Waals surface area contributed by atoms with Crippen molar-refractivity contribution in [1.82, 2.24) is 5.32 Å². The zero-order chi connectivity index (χ0) is 15.1. The van der Waals surface area contributed by atoms with Gasteiger partial charge in [-0.15, -0.1) is 0 Å². The van der Waals surface area contributed by atoms with Crippen molar-refractivity contribution in [3.8, 4) is 0 Å². The van der Waals surface area contributed by atoms with Gasteiger partial charge in [-0.05, 0) is 31.0 Å². The minimum absolute atomic E-state index is 0.0466. The van der Waals surface area contributed by atoms with Crippen molar-refractivity contribution in [2.45, 2.75) is 32.7 Å². The average molecular weight is 282 g/mol. The van der Waals surface area contributed by atoms with E-state index in [1.807, 2.05) is 13.8 Å². The van der Waals surface area contributed by atoms with Crippen molar-refractivity contribution in [1.29, 1.82) is 0 Å². The number of hydrogen-bond donors (Lipinski definition) is 2. The van der Waals surface area contributed by atoms with E-state index >= 15 is 0 Å². The van der Waals surface area contributed by atoms with Crippen molar-refractivity contribution >= 4 is 17.6 Å². The summed E-state index contributed by atoms with van der Waals surface area (Å²) in [4.78, 5) is 23.2. The molecule has 0 aliphatic heterocycles. The number of nitrogens with two attached hydrogens (primary N) is 1. The lowest BCUT2D eigenvalue weighted by Crippen LogP contribution is -2.36. The van der Waals surface area contributed by atoms with Gasteiger partial charge in [0.1, 0.15) is 5.82 Å². The number of esters is 1. The number of carbonyl (C=O) groups excluding carboxylic acids is 2. The highest BCUT2D eigenvalue weighted by Gasteiger charge is 2.16. The molecule has 0 saturated carbocycles. The third-order valence-electron chi connectivity index (χ3n) is 2.90. The van der Waals surface area contributed by atoms with Crippen LogP contribution in [0.4, 0.5) is 10.1 Å². The topological polar surface area (TPSA) is 81.4 Å². The van der Waals surface area contributed by atoms with E-state index in [0.717, 1.165) is 18.9 Å². The summed E-state index contributed by atoms with van der Waals surface area (Å²) in [6.07, 6.45) is 1.58. The van der Waals surface area contributed by atoms with Gasteiger partial charge in [0.05, 0.1) is 5.56 Å². The normalized spacial score (nSPS) is 10.4. The lowest BCUT2D eigenvalue weighted by molar-refractivity contribution is -0.125. The summed E-state index contributed by atoms with van der Waals surface area (Å²) < 4.78 is 18.2. The SMILES string of the molecule is CCC(CC)NC(=O)COC(=O)c1cc(N)ccc1F. The van der Waals surface area contributed by atoms with Gasteiger partial charge >= 0.3 is 5.97 Å².